The average Bonchev–Trinajstić information content (AvgIpc) is 2.82. The minimum absolute atomic E-state index is 0.0513. The average molecular weight is 431 g/mol. The molecule has 168 valence electrons. The Hall–Kier alpha value is -3.14. The molecule has 0 amide bonds. The first-order valence-corrected chi connectivity index (χ1v) is 11.7. The molecule has 0 aliphatic rings. The lowest BCUT2D eigenvalue weighted by molar-refractivity contribution is 0.103. The van der Waals surface area contributed by atoms with Crippen molar-refractivity contribution < 1.29 is 9.53 Å². The Kier molecular flexibility index (Phi) is 9.30. The molecule has 0 atom stereocenters. The summed E-state index contributed by atoms with van der Waals surface area (Å²) in [5.41, 5.74) is 3.50. The Bertz CT molecular complexity index is 1000. The Morgan fingerprint density at radius 2 is 1.75 bits per heavy atom. The first-order chi connectivity index (χ1) is 15.7. The Morgan fingerprint density at radius 1 is 0.938 bits per heavy atom. The summed E-state index contributed by atoms with van der Waals surface area (Å²) in [6.07, 6.45) is 9.13. The molecule has 0 radical (unpaired) electrons. The first-order valence-electron chi connectivity index (χ1n) is 11.7. The van der Waals surface area contributed by atoms with E-state index in [9.17, 15) is 4.79 Å². The number of rotatable bonds is 13. The second-order valence-electron chi connectivity index (χ2n) is 8.23. The van der Waals surface area contributed by atoms with Crippen LogP contribution in [-0.2, 0) is 6.61 Å². The van der Waals surface area contributed by atoms with Crippen LogP contribution in [0.1, 0.15) is 72.5 Å². The van der Waals surface area contributed by atoms with Gasteiger partial charge in [0.1, 0.15) is 18.2 Å². The predicted molar refractivity (Wildman–Crippen MR) is 131 cm³/mol. The van der Waals surface area contributed by atoms with Crippen molar-refractivity contribution in [2.75, 3.05) is 11.9 Å². The molecule has 1 N–H and O–H groups in total. The van der Waals surface area contributed by atoms with Crippen molar-refractivity contribution in [3.05, 3.63) is 89.1 Å². The molecule has 32 heavy (non-hydrogen) atoms. The topological polar surface area (TPSA) is 51.2 Å². The van der Waals surface area contributed by atoms with E-state index in [1.54, 1.807) is 12.3 Å². The summed E-state index contributed by atoms with van der Waals surface area (Å²) in [4.78, 5) is 17.6. The van der Waals surface area contributed by atoms with Gasteiger partial charge in [0.2, 0.25) is 0 Å². The number of aromatic nitrogens is 1. The number of hydrogen-bond donors (Lipinski definition) is 1. The fourth-order valence-corrected chi connectivity index (χ4v) is 3.69. The van der Waals surface area contributed by atoms with Gasteiger partial charge >= 0.3 is 0 Å². The number of nitrogens with zero attached hydrogens (tertiary/aromatic N) is 1. The maximum absolute atomic E-state index is 13.2. The second-order valence-corrected chi connectivity index (χ2v) is 8.23. The fraction of sp³-hybridized carbons (Fsp3) is 0.357. The van der Waals surface area contributed by atoms with Gasteiger partial charge in [-0.05, 0) is 43.2 Å². The number of ketones is 1. The molecule has 4 heteroatoms. The highest BCUT2D eigenvalue weighted by molar-refractivity contribution is 6.12. The van der Waals surface area contributed by atoms with E-state index >= 15 is 0 Å². The maximum atomic E-state index is 13.2. The fourth-order valence-electron chi connectivity index (χ4n) is 3.69. The van der Waals surface area contributed by atoms with Crippen molar-refractivity contribution in [2.24, 2.45) is 0 Å². The van der Waals surface area contributed by atoms with Gasteiger partial charge < -0.3 is 10.1 Å². The number of benzene rings is 2. The van der Waals surface area contributed by atoms with E-state index in [0.29, 0.717) is 29.3 Å². The highest BCUT2D eigenvalue weighted by atomic mass is 16.5. The number of unbranched alkanes of at least 4 members (excludes halogenated alkanes) is 5. The number of hydrogen-bond acceptors (Lipinski definition) is 4. The second kappa shape index (κ2) is 12.7. The van der Waals surface area contributed by atoms with Gasteiger partial charge in [-0.1, -0.05) is 81.0 Å². The zero-order chi connectivity index (χ0) is 22.6. The van der Waals surface area contributed by atoms with Crippen LogP contribution in [0.4, 0.5) is 5.82 Å². The van der Waals surface area contributed by atoms with E-state index in [1.807, 2.05) is 42.5 Å². The number of carbonyl (C=O) groups is 1. The van der Waals surface area contributed by atoms with Crippen LogP contribution >= 0.6 is 0 Å². The summed E-state index contributed by atoms with van der Waals surface area (Å²) in [6.45, 7) is 5.59. The molecule has 0 saturated heterocycles. The van der Waals surface area contributed by atoms with Gasteiger partial charge in [-0.3, -0.25) is 4.79 Å². The normalized spacial score (nSPS) is 10.7. The van der Waals surface area contributed by atoms with E-state index in [4.69, 9.17) is 4.74 Å². The molecule has 3 aromatic rings. The number of carbonyl (C=O) groups excluding carboxylic acids is 1. The molecule has 0 fully saturated rings. The highest BCUT2D eigenvalue weighted by Crippen LogP contribution is 2.21. The minimum atomic E-state index is -0.0513. The number of aryl methyl sites for hydroxylation is 1. The molecule has 2 aromatic carbocycles. The number of ether oxygens (including phenoxy) is 1. The van der Waals surface area contributed by atoms with Gasteiger partial charge in [0, 0.05) is 18.3 Å². The third-order valence-corrected chi connectivity index (χ3v) is 5.46. The summed E-state index contributed by atoms with van der Waals surface area (Å²) >= 11 is 0. The van der Waals surface area contributed by atoms with Gasteiger partial charge in [-0.25, -0.2) is 4.98 Å². The molecule has 4 nitrogen and oxygen atoms in total. The van der Waals surface area contributed by atoms with E-state index in [2.05, 4.69) is 36.3 Å². The summed E-state index contributed by atoms with van der Waals surface area (Å²) in [5.74, 6) is 1.28. The molecule has 3 rings (SSSR count). The molecule has 0 spiro atoms. The van der Waals surface area contributed by atoms with E-state index in [-0.39, 0.29) is 5.78 Å². The zero-order valence-corrected chi connectivity index (χ0v) is 19.3. The van der Waals surface area contributed by atoms with Crippen LogP contribution in [-0.4, -0.2) is 17.3 Å². The number of pyridine rings is 1. The van der Waals surface area contributed by atoms with Gasteiger partial charge in [-0.2, -0.15) is 0 Å². The maximum Gasteiger partial charge on any atom is 0.196 e. The largest absolute Gasteiger partial charge is 0.489 e. The zero-order valence-electron chi connectivity index (χ0n) is 19.3. The summed E-state index contributed by atoms with van der Waals surface area (Å²) in [5, 5.41) is 3.36. The number of nitrogens with one attached hydrogen (secondary N) is 1. The van der Waals surface area contributed by atoms with Crippen LogP contribution < -0.4 is 10.1 Å². The van der Waals surface area contributed by atoms with Crippen molar-refractivity contribution in [3.63, 3.8) is 0 Å². The highest BCUT2D eigenvalue weighted by Gasteiger charge is 2.15. The van der Waals surface area contributed by atoms with Gasteiger partial charge in [-0.15, -0.1) is 0 Å². The molecular weight excluding hydrogens is 396 g/mol. The lowest BCUT2D eigenvalue weighted by Crippen LogP contribution is -2.11. The van der Waals surface area contributed by atoms with Crippen molar-refractivity contribution in [3.8, 4) is 5.75 Å². The monoisotopic (exact) mass is 430 g/mol. The van der Waals surface area contributed by atoms with Crippen LogP contribution in [0.15, 0.2) is 66.9 Å². The Balaban J connectivity index is 1.60. The molecule has 0 aliphatic carbocycles. The van der Waals surface area contributed by atoms with E-state index < -0.39 is 0 Å². The standard InChI is InChI=1S/C28H34N2O2/c1-3-4-5-6-7-8-17-29-28-26(16-11-18-30-28)27(31)24-14-10-15-25(20-24)32-21-23-13-9-12-22(2)19-23/h9-16,18-20H,3-8,17,21H2,1-2H3,(H,29,30). The first kappa shape index (κ1) is 23.5. The van der Waals surface area contributed by atoms with Crippen LogP contribution in [0.5, 0.6) is 5.75 Å². The Labute approximate surface area is 192 Å². The van der Waals surface area contributed by atoms with Crippen LogP contribution in [0.3, 0.4) is 0 Å². The predicted octanol–water partition coefficient (Wildman–Crippen LogP) is 6.97. The van der Waals surface area contributed by atoms with E-state index in [1.165, 1.54) is 37.7 Å². The van der Waals surface area contributed by atoms with Crippen LogP contribution in [0.2, 0.25) is 0 Å². The SMILES string of the molecule is CCCCCCCCNc1ncccc1C(=O)c1cccc(OCc2cccc(C)c2)c1. The van der Waals surface area contributed by atoms with Crippen molar-refractivity contribution >= 4 is 11.6 Å². The molecule has 0 saturated carbocycles. The van der Waals surface area contributed by atoms with Crippen molar-refractivity contribution in [1.82, 2.24) is 4.98 Å². The lowest BCUT2D eigenvalue weighted by Gasteiger charge is -2.11. The van der Waals surface area contributed by atoms with Crippen molar-refractivity contribution in [2.45, 2.75) is 59.0 Å². The number of anilines is 1. The summed E-state index contributed by atoms with van der Waals surface area (Å²) in [7, 11) is 0. The van der Waals surface area contributed by atoms with Gasteiger partial charge in [0.05, 0.1) is 5.56 Å². The van der Waals surface area contributed by atoms with Crippen LogP contribution in [0.25, 0.3) is 0 Å². The van der Waals surface area contributed by atoms with Crippen LogP contribution in [0, 0.1) is 6.92 Å². The lowest BCUT2D eigenvalue weighted by atomic mass is 10.0. The molecule has 0 bridgehead atoms. The van der Waals surface area contributed by atoms with E-state index in [0.717, 1.165) is 18.5 Å². The minimum Gasteiger partial charge on any atom is -0.489 e. The third kappa shape index (κ3) is 7.23. The van der Waals surface area contributed by atoms with Gasteiger partial charge in [0.15, 0.2) is 5.78 Å². The quantitative estimate of drug-likeness (QED) is 0.235. The summed E-state index contributed by atoms with van der Waals surface area (Å²) < 4.78 is 5.94. The molecule has 0 aliphatic heterocycles. The molecule has 1 aromatic heterocycles. The third-order valence-electron chi connectivity index (χ3n) is 5.46. The summed E-state index contributed by atoms with van der Waals surface area (Å²) in [6, 6.07) is 19.2. The van der Waals surface area contributed by atoms with Crippen molar-refractivity contribution in [1.29, 1.82) is 0 Å². The molecular formula is C28H34N2O2. The molecule has 1 heterocycles. The molecule has 0 unspecified atom stereocenters. The Morgan fingerprint density at radius 3 is 2.59 bits per heavy atom. The smallest absolute Gasteiger partial charge is 0.196 e. The van der Waals surface area contributed by atoms with Gasteiger partial charge in [0.25, 0.3) is 0 Å².